The highest BCUT2D eigenvalue weighted by atomic mass is 15.0. The SMILES string of the molecule is [C-]#[N+]c1c(-c2ccccc2)c(-n2c3ccccc3c3ccccc32)c(-c2ccccc2)c(C#N)c1-n1c2ccccc2c2ccccc21. The van der Waals surface area contributed by atoms with E-state index in [2.05, 4.69) is 117 Å². The molecule has 9 rings (SSSR count). The van der Waals surface area contributed by atoms with E-state index in [1.807, 2.05) is 60.7 Å². The first-order chi connectivity index (χ1) is 23.8. The molecule has 0 N–H and O–H groups in total. The van der Waals surface area contributed by atoms with E-state index in [1.54, 1.807) is 0 Å². The quantitative estimate of drug-likeness (QED) is 0.183. The predicted octanol–water partition coefficient (Wildman–Crippen LogP) is 11.6. The Labute approximate surface area is 277 Å². The van der Waals surface area contributed by atoms with E-state index in [9.17, 15) is 5.26 Å². The van der Waals surface area contributed by atoms with Gasteiger partial charge in [-0.1, -0.05) is 133 Å². The summed E-state index contributed by atoms with van der Waals surface area (Å²) in [6.45, 7) is 8.88. The zero-order valence-corrected chi connectivity index (χ0v) is 25.8. The molecule has 7 aromatic carbocycles. The second kappa shape index (κ2) is 10.9. The first-order valence-electron chi connectivity index (χ1n) is 15.9. The Hall–Kier alpha value is -6.88. The van der Waals surface area contributed by atoms with Crippen LogP contribution >= 0.6 is 0 Å². The van der Waals surface area contributed by atoms with Gasteiger partial charge in [0.15, 0.2) is 0 Å². The number of aromatic nitrogens is 2. The highest BCUT2D eigenvalue weighted by Gasteiger charge is 2.31. The molecule has 4 heteroatoms. The Kier molecular flexibility index (Phi) is 6.22. The van der Waals surface area contributed by atoms with Gasteiger partial charge in [0, 0.05) is 32.7 Å². The van der Waals surface area contributed by atoms with Gasteiger partial charge in [-0.2, -0.15) is 5.26 Å². The second-order valence-electron chi connectivity index (χ2n) is 11.9. The van der Waals surface area contributed by atoms with Gasteiger partial charge in [-0.15, -0.1) is 0 Å². The van der Waals surface area contributed by atoms with Crippen LogP contribution < -0.4 is 0 Å². The molecule has 0 amide bonds. The number of nitriles is 1. The van der Waals surface area contributed by atoms with E-state index < -0.39 is 0 Å². The Morgan fingerprint density at radius 1 is 0.438 bits per heavy atom. The Morgan fingerprint density at radius 2 is 0.792 bits per heavy atom. The van der Waals surface area contributed by atoms with Gasteiger partial charge in [0.1, 0.15) is 6.07 Å². The molecule has 222 valence electrons. The van der Waals surface area contributed by atoms with E-state index in [0.717, 1.165) is 71.6 Å². The van der Waals surface area contributed by atoms with Crippen molar-refractivity contribution in [2.45, 2.75) is 0 Å². The number of hydrogen-bond donors (Lipinski definition) is 0. The zero-order chi connectivity index (χ0) is 32.2. The summed E-state index contributed by atoms with van der Waals surface area (Å²) in [5.41, 5.74) is 9.59. The molecule has 0 aliphatic carbocycles. The molecule has 0 unspecified atom stereocenters. The normalized spacial score (nSPS) is 11.3. The molecule has 2 heterocycles. The molecule has 4 nitrogen and oxygen atoms in total. The largest absolute Gasteiger partial charge is 0.318 e. The summed E-state index contributed by atoms with van der Waals surface area (Å²) >= 11 is 0. The number of nitrogens with zero attached hydrogens (tertiary/aromatic N) is 4. The highest BCUT2D eigenvalue weighted by molar-refractivity contribution is 6.14. The maximum Gasteiger partial charge on any atom is 0.221 e. The first kappa shape index (κ1) is 27.4. The fourth-order valence-electron chi connectivity index (χ4n) is 7.46. The summed E-state index contributed by atoms with van der Waals surface area (Å²) in [6.07, 6.45) is 0. The van der Waals surface area contributed by atoms with Crippen LogP contribution in [0.2, 0.25) is 0 Å². The van der Waals surface area contributed by atoms with E-state index in [4.69, 9.17) is 6.57 Å². The molecule has 0 spiro atoms. The molecule has 0 saturated heterocycles. The Morgan fingerprint density at radius 3 is 1.19 bits per heavy atom. The summed E-state index contributed by atoms with van der Waals surface area (Å²) in [5, 5.41) is 15.7. The first-order valence-corrected chi connectivity index (χ1v) is 15.9. The predicted molar refractivity (Wildman–Crippen MR) is 197 cm³/mol. The lowest BCUT2D eigenvalue weighted by Crippen LogP contribution is -2.08. The molecule has 0 aliphatic rings. The number of para-hydroxylation sites is 4. The third-order valence-corrected chi connectivity index (χ3v) is 9.38. The van der Waals surface area contributed by atoms with Crippen LogP contribution in [-0.4, -0.2) is 9.13 Å². The second-order valence-corrected chi connectivity index (χ2v) is 11.9. The maximum absolute atomic E-state index is 11.4. The van der Waals surface area contributed by atoms with Crippen LogP contribution in [0.3, 0.4) is 0 Å². The van der Waals surface area contributed by atoms with Gasteiger partial charge >= 0.3 is 0 Å². The van der Waals surface area contributed by atoms with Crippen molar-refractivity contribution >= 4 is 49.3 Å². The minimum atomic E-state index is 0.431. The lowest BCUT2D eigenvalue weighted by molar-refractivity contribution is 1.14. The average Bonchev–Trinajstić information content (AvgIpc) is 3.67. The molecule has 0 bridgehead atoms. The molecular weight excluding hydrogens is 585 g/mol. The molecular formula is C44H26N4. The van der Waals surface area contributed by atoms with Gasteiger partial charge in [-0.25, -0.2) is 4.85 Å². The summed E-state index contributed by atoms with van der Waals surface area (Å²) in [5.74, 6) is 0. The van der Waals surface area contributed by atoms with Crippen molar-refractivity contribution in [3.05, 3.63) is 175 Å². The van der Waals surface area contributed by atoms with E-state index in [0.29, 0.717) is 16.9 Å². The van der Waals surface area contributed by atoms with Crippen LogP contribution in [0.15, 0.2) is 158 Å². The van der Waals surface area contributed by atoms with Gasteiger partial charge in [0.2, 0.25) is 5.69 Å². The number of benzene rings is 7. The van der Waals surface area contributed by atoms with E-state index >= 15 is 0 Å². The van der Waals surface area contributed by atoms with Crippen molar-refractivity contribution < 1.29 is 0 Å². The molecule has 2 aromatic heterocycles. The van der Waals surface area contributed by atoms with Crippen LogP contribution in [0.4, 0.5) is 5.69 Å². The van der Waals surface area contributed by atoms with Crippen molar-refractivity contribution in [3.8, 4) is 39.7 Å². The molecule has 0 atom stereocenters. The van der Waals surface area contributed by atoms with Gasteiger partial charge in [-0.3, -0.25) is 0 Å². The summed E-state index contributed by atoms with van der Waals surface area (Å²) in [7, 11) is 0. The molecule has 9 aromatic rings. The molecule has 0 saturated carbocycles. The number of hydrogen-bond acceptors (Lipinski definition) is 1. The molecule has 0 aliphatic heterocycles. The van der Waals surface area contributed by atoms with Gasteiger partial charge in [0.25, 0.3) is 0 Å². The van der Waals surface area contributed by atoms with E-state index in [1.165, 1.54) is 0 Å². The van der Waals surface area contributed by atoms with Crippen molar-refractivity contribution in [1.82, 2.24) is 9.13 Å². The Bertz CT molecular complexity index is 2600. The monoisotopic (exact) mass is 610 g/mol. The van der Waals surface area contributed by atoms with Crippen LogP contribution in [0.5, 0.6) is 0 Å². The van der Waals surface area contributed by atoms with Gasteiger partial charge in [0.05, 0.1) is 45.6 Å². The third-order valence-electron chi connectivity index (χ3n) is 9.38. The van der Waals surface area contributed by atoms with Crippen LogP contribution in [0.25, 0.3) is 82.1 Å². The summed E-state index contributed by atoms with van der Waals surface area (Å²) in [6, 6.07) is 56.2. The van der Waals surface area contributed by atoms with Crippen LogP contribution in [-0.2, 0) is 0 Å². The minimum absolute atomic E-state index is 0.431. The van der Waals surface area contributed by atoms with Gasteiger partial charge < -0.3 is 9.13 Å². The fourth-order valence-corrected chi connectivity index (χ4v) is 7.46. The third kappa shape index (κ3) is 3.88. The zero-order valence-electron chi connectivity index (χ0n) is 25.8. The summed E-state index contributed by atoms with van der Waals surface area (Å²) < 4.78 is 4.39. The maximum atomic E-state index is 11.4. The molecule has 0 fully saturated rings. The highest BCUT2D eigenvalue weighted by Crippen LogP contribution is 2.51. The van der Waals surface area contributed by atoms with Crippen molar-refractivity contribution in [2.75, 3.05) is 0 Å². The van der Waals surface area contributed by atoms with Crippen molar-refractivity contribution in [2.24, 2.45) is 0 Å². The topological polar surface area (TPSA) is 38.0 Å². The van der Waals surface area contributed by atoms with Crippen LogP contribution in [0.1, 0.15) is 5.56 Å². The lowest BCUT2D eigenvalue weighted by atomic mass is 9.88. The smallest absolute Gasteiger partial charge is 0.221 e. The van der Waals surface area contributed by atoms with Crippen molar-refractivity contribution in [3.63, 3.8) is 0 Å². The van der Waals surface area contributed by atoms with E-state index in [-0.39, 0.29) is 0 Å². The fraction of sp³-hybridized carbons (Fsp3) is 0. The van der Waals surface area contributed by atoms with Crippen LogP contribution in [0, 0.1) is 17.9 Å². The lowest BCUT2D eigenvalue weighted by Gasteiger charge is -2.25. The molecule has 0 radical (unpaired) electrons. The molecule has 48 heavy (non-hydrogen) atoms. The average molecular weight is 611 g/mol. The summed E-state index contributed by atoms with van der Waals surface area (Å²) in [4.78, 5) is 4.36. The minimum Gasteiger partial charge on any atom is -0.318 e. The van der Waals surface area contributed by atoms with Gasteiger partial charge in [-0.05, 0) is 35.4 Å². The standard InChI is InChI=1S/C44H26N4/c1-46-42-41(30-18-6-3-7-19-30)44(48-38-26-14-10-22-33(38)34-23-11-15-27-39(34)48)40(29-16-4-2-5-17-29)35(28-45)43(42)47-36-24-12-8-20-31(36)32-21-9-13-25-37(32)47/h2-27H. The Balaban J connectivity index is 1.60. The number of fused-ring (bicyclic) bond motifs is 6. The van der Waals surface area contributed by atoms with Crippen molar-refractivity contribution in [1.29, 1.82) is 5.26 Å². The number of rotatable bonds is 4.